The molecular formula is C23H27N5O4S. The zero-order valence-corrected chi connectivity index (χ0v) is 19.9. The largest absolute Gasteiger partial charge is 0.497 e. The molecular weight excluding hydrogens is 442 g/mol. The van der Waals surface area contributed by atoms with Gasteiger partial charge < -0.3 is 20.1 Å². The number of nitrogens with one attached hydrogen (secondary N) is 3. The van der Waals surface area contributed by atoms with Crippen molar-refractivity contribution in [2.24, 2.45) is 5.92 Å². The predicted octanol–water partition coefficient (Wildman–Crippen LogP) is 4.32. The quantitative estimate of drug-likeness (QED) is 0.453. The van der Waals surface area contributed by atoms with E-state index >= 15 is 0 Å². The average Bonchev–Trinajstić information content (AvgIpc) is 3.26. The number of methoxy groups -OCH3 is 2. The Kier molecular flexibility index (Phi) is 7.83. The minimum absolute atomic E-state index is 0.169. The zero-order valence-electron chi connectivity index (χ0n) is 19.1. The lowest BCUT2D eigenvalue weighted by Crippen LogP contribution is -2.48. The molecule has 0 saturated heterocycles. The summed E-state index contributed by atoms with van der Waals surface area (Å²) < 4.78 is 10.5. The minimum Gasteiger partial charge on any atom is -0.497 e. The molecule has 0 radical (unpaired) electrons. The molecule has 0 spiro atoms. The van der Waals surface area contributed by atoms with E-state index in [2.05, 4.69) is 26.1 Å². The summed E-state index contributed by atoms with van der Waals surface area (Å²) >= 11 is 1.27. The number of carbonyl (C=O) groups excluding carboxylic acids is 2. The Morgan fingerprint density at radius 3 is 2.33 bits per heavy atom. The molecule has 0 aliphatic rings. The van der Waals surface area contributed by atoms with Crippen molar-refractivity contribution in [3.63, 3.8) is 0 Å². The van der Waals surface area contributed by atoms with Crippen molar-refractivity contribution in [2.75, 3.05) is 24.9 Å². The molecule has 3 N–H and O–H groups in total. The molecule has 9 nitrogen and oxygen atoms in total. The zero-order chi connectivity index (χ0) is 24.0. The van der Waals surface area contributed by atoms with Gasteiger partial charge in [0.2, 0.25) is 11.0 Å². The van der Waals surface area contributed by atoms with Crippen molar-refractivity contribution < 1.29 is 19.1 Å². The topological polar surface area (TPSA) is 114 Å². The summed E-state index contributed by atoms with van der Waals surface area (Å²) in [6.45, 7) is 5.70. The maximum absolute atomic E-state index is 12.9. The van der Waals surface area contributed by atoms with Crippen molar-refractivity contribution in [3.05, 3.63) is 48.0 Å². The van der Waals surface area contributed by atoms with Crippen LogP contribution in [0, 0.1) is 12.8 Å². The molecule has 1 atom stereocenters. The highest BCUT2D eigenvalue weighted by Crippen LogP contribution is 2.29. The number of aryl methyl sites for hydroxylation is 1. The number of hydrogen-bond acceptors (Lipinski definition) is 7. The molecule has 174 valence electrons. The van der Waals surface area contributed by atoms with E-state index in [0.717, 1.165) is 11.1 Å². The fraction of sp³-hybridized carbons (Fsp3) is 0.304. The second kappa shape index (κ2) is 10.8. The first-order chi connectivity index (χ1) is 15.8. The van der Waals surface area contributed by atoms with E-state index in [1.54, 1.807) is 25.3 Å². The Bertz CT molecular complexity index is 1110. The first kappa shape index (κ1) is 24.0. The Hall–Kier alpha value is -3.66. The van der Waals surface area contributed by atoms with Crippen LogP contribution in [0.15, 0.2) is 42.5 Å². The lowest BCUT2D eigenvalue weighted by atomic mass is 10.0. The van der Waals surface area contributed by atoms with Crippen LogP contribution in [0.5, 0.6) is 11.5 Å². The van der Waals surface area contributed by atoms with E-state index in [1.807, 2.05) is 45.0 Å². The number of anilines is 2. The molecule has 10 heteroatoms. The van der Waals surface area contributed by atoms with Crippen LogP contribution in [-0.2, 0) is 4.79 Å². The van der Waals surface area contributed by atoms with Gasteiger partial charge in [-0.1, -0.05) is 55.0 Å². The first-order valence-electron chi connectivity index (χ1n) is 10.3. The van der Waals surface area contributed by atoms with Gasteiger partial charge in [0.1, 0.15) is 22.5 Å². The summed E-state index contributed by atoms with van der Waals surface area (Å²) in [5, 5.41) is 17.5. The maximum Gasteiger partial charge on any atom is 0.320 e. The highest BCUT2D eigenvalue weighted by atomic mass is 32.1. The number of hydrogen-bond donors (Lipinski definition) is 3. The molecule has 0 fully saturated rings. The molecule has 1 heterocycles. The third-order valence-corrected chi connectivity index (χ3v) is 5.73. The van der Waals surface area contributed by atoms with Crippen molar-refractivity contribution in [1.82, 2.24) is 15.5 Å². The van der Waals surface area contributed by atoms with Crippen LogP contribution >= 0.6 is 11.3 Å². The molecule has 1 unspecified atom stereocenters. The average molecular weight is 470 g/mol. The molecule has 2 aromatic carbocycles. The van der Waals surface area contributed by atoms with E-state index in [0.29, 0.717) is 27.3 Å². The van der Waals surface area contributed by atoms with Gasteiger partial charge in [-0.2, -0.15) is 0 Å². The number of rotatable bonds is 8. The monoisotopic (exact) mass is 469 g/mol. The van der Waals surface area contributed by atoms with Gasteiger partial charge >= 0.3 is 6.03 Å². The number of nitrogens with zero attached hydrogens (tertiary/aromatic N) is 2. The fourth-order valence-corrected chi connectivity index (χ4v) is 3.76. The fourth-order valence-electron chi connectivity index (χ4n) is 3.01. The predicted molar refractivity (Wildman–Crippen MR) is 129 cm³/mol. The second-order valence-corrected chi connectivity index (χ2v) is 8.63. The molecule has 0 saturated carbocycles. The van der Waals surface area contributed by atoms with Crippen LogP contribution in [0.2, 0.25) is 0 Å². The summed E-state index contributed by atoms with van der Waals surface area (Å²) in [6, 6.07) is 11.6. The lowest BCUT2D eigenvalue weighted by molar-refractivity contribution is -0.118. The lowest BCUT2D eigenvalue weighted by Gasteiger charge is -2.21. The van der Waals surface area contributed by atoms with E-state index in [1.165, 1.54) is 18.4 Å². The number of benzene rings is 2. The number of aromatic nitrogens is 2. The van der Waals surface area contributed by atoms with Crippen molar-refractivity contribution in [1.29, 1.82) is 0 Å². The van der Waals surface area contributed by atoms with Gasteiger partial charge in [-0.15, -0.1) is 10.2 Å². The normalized spacial score (nSPS) is 11.6. The van der Waals surface area contributed by atoms with Crippen molar-refractivity contribution >= 4 is 34.1 Å². The molecule has 3 aromatic rings. The Labute approximate surface area is 196 Å². The maximum atomic E-state index is 12.9. The van der Waals surface area contributed by atoms with Gasteiger partial charge in [-0.25, -0.2) is 4.79 Å². The number of amides is 3. The van der Waals surface area contributed by atoms with E-state index in [-0.39, 0.29) is 11.8 Å². The number of urea groups is 1. The summed E-state index contributed by atoms with van der Waals surface area (Å²) in [4.78, 5) is 25.5. The molecule has 3 rings (SSSR count). The van der Waals surface area contributed by atoms with Crippen LogP contribution < -0.4 is 25.4 Å². The van der Waals surface area contributed by atoms with Crippen LogP contribution in [0.3, 0.4) is 0 Å². The second-order valence-electron chi connectivity index (χ2n) is 7.65. The van der Waals surface area contributed by atoms with Gasteiger partial charge in [0.05, 0.1) is 19.9 Å². The smallest absolute Gasteiger partial charge is 0.320 e. The summed E-state index contributed by atoms with van der Waals surface area (Å²) in [7, 11) is 3.04. The van der Waals surface area contributed by atoms with E-state index < -0.39 is 12.1 Å². The highest BCUT2D eigenvalue weighted by Gasteiger charge is 2.26. The molecule has 1 aromatic heterocycles. The van der Waals surface area contributed by atoms with E-state index in [9.17, 15) is 9.59 Å². The van der Waals surface area contributed by atoms with Crippen LogP contribution in [0.1, 0.15) is 19.4 Å². The molecule has 0 bridgehead atoms. The Balaban J connectivity index is 1.66. The standard InChI is InChI=1S/C23H27N5O4S/c1-13(2)19(25-22(30)24-17-11-10-16(31-4)12-18(17)32-5)20(29)26-23-28-27-21(33-23)15-8-6-14(3)7-9-15/h6-13,19H,1-5H3,(H2,24,25,30)(H,26,28,29). The molecule has 33 heavy (non-hydrogen) atoms. The summed E-state index contributed by atoms with van der Waals surface area (Å²) in [5.74, 6) is 0.485. The van der Waals surface area contributed by atoms with E-state index in [4.69, 9.17) is 9.47 Å². The number of carbonyl (C=O) groups is 2. The third kappa shape index (κ3) is 6.19. The van der Waals surface area contributed by atoms with Gasteiger partial charge in [0, 0.05) is 11.6 Å². The summed E-state index contributed by atoms with van der Waals surface area (Å²) in [6.07, 6.45) is 0. The first-order valence-corrected chi connectivity index (χ1v) is 11.1. The Morgan fingerprint density at radius 1 is 0.970 bits per heavy atom. The van der Waals surface area contributed by atoms with Gasteiger partial charge in [0.25, 0.3) is 0 Å². The third-order valence-electron chi connectivity index (χ3n) is 4.85. The van der Waals surface area contributed by atoms with Crippen LogP contribution in [0.25, 0.3) is 10.6 Å². The van der Waals surface area contributed by atoms with Crippen LogP contribution in [0.4, 0.5) is 15.6 Å². The number of ether oxygens (including phenoxy) is 2. The highest BCUT2D eigenvalue weighted by molar-refractivity contribution is 7.18. The van der Waals surface area contributed by atoms with Gasteiger partial charge in [-0.05, 0) is 25.0 Å². The SMILES string of the molecule is COc1ccc(NC(=O)NC(C(=O)Nc2nnc(-c3ccc(C)cc3)s2)C(C)C)c(OC)c1. The minimum atomic E-state index is -0.791. The molecule has 0 aliphatic carbocycles. The van der Waals surface area contributed by atoms with Crippen molar-refractivity contribution in [3.8, 4) is 22.1 Å². The van der Waals surface area contributed by atoms with Gasteiger partial charge in [0.15, 0.2) is 0 Å². The van der Waals surface area contributed by atoms with Crippen molar-refractivity contribution in [2.45, 2.75) is 26.8 Å². The molecule has 3 amide bonds. The molecule has 0 aliphatic heterocycles. The van der Waals surface area contributed by atoms with Gasteiger partial charge in [-0.3, -0.25) is 10.1 Å². The Morgan fingerprint density at radius 2 is 1.70 bits per heavy atom. The van der Waals surface area contributed by atoms with Crippen LogP contribution in [-0.4, -0.2) is 42.4 Å². The summed E-state index contributed by atoms with van der Waals surface area (Å²) in [5.41, 5.74) is 2.52.